The van der Waals surface area contributed by atoms with Crippen molar-refractivity contribution in [1.82, 2.24) is 4.31 Å². The summed E-state index contributed by atoms with van der Waals surface area (Å²) in [6.07, 6.45) is 3.70. The first kappa shape index (κ1) is 17.1. The highest BCUT2D eigenvalue weighted by molar-refractivity contribution is 7.99. The van der Waals surface area contributed by atoms with Gasteiger partial charge in [0.05, 0.1) is 10.7 Å². The first-order valence-corrected chi connectivity index (χ1v) is 9.45. The fourth-order valence-corrected chi connectivity index (χ4v) is 4.48. The Morgan fingerprint density at radius 2 is 1.95 bits per heavy atom. The van der Waals surface area contributed by atoms with Crippen LogP contribution in [0, 0.1) is 0 Å². The number of ketones is 1. The van der Waals surface area contributed by atoms with Crippen LogP contribution in [0.25, 0.3) is 0 Å². The Morgan fingerprint density at radius 1 is 1.27 bits per heavy atom. The summed E-state index contributed by atoms with van der Waals surface area (Å²) in [6.45, 7) is 0. The Balaban J connectivity index is 2.49. The fraction of sp³-hybridized carbons (Fsp3) is 0.400. The Labute approximate surface area is 135 Å². The summed E-state index contributed by atoms with van der Waals surface area (Å²) in [5.74, 6) is -0.281. The number of carbonyl (C=O) groups is 1. The van der Waals surface area contributed by atoms with Crippen molar-refractivity contribution in [2.75, 3.05) is 20.4 Å². The number of hydrogen-bond donors (Lipinski definition) is 1. The van der Waals surface area contributed by atoms with Crippen molar-refractivity contribution >= 4 is 27.6 Å². The molecule has 120 valence electrons. The molecular weight excluding hydrogens is 322 g/mol. The summed E-state index contributed by atoms with van der Waals surface area (Å²) >= 11 is 1.36. The number of benzene rings is 1. The quantitative estimate of drug-likeness (QED) is 0.852. The normalized spacial score (nSPS) is 19.4. The average Bonchev–Trinajstić information content (AvgIpc) is 2.45. The minimum absolute atomic E-state index is 0.0483. The van der Waals surface area contributed by atoms with E-state index >= 15 is 0 Å². The lowest BCUT2D eigenvalue weighted by molar-refractivity contribution is -0.115. The second-order valence-corrected chi connectivity index (χ2v) is 8.37. The third kappa shape index (κ3) is 3.37. The lowest BCUT2D eigenvalue weighted by Crippen LogP contribution is -2.23. The van der Waals surface area contributed by atoms with E-state index in [1.807, 2.05) is 12.3 Å². The van der Waals surface area contributed by atoms with Crippen molar-refractivity contribution in [3.63, 3.8) is 0 Å². The number of carbonyl (C=O) groups excluding carboxylic acids is 1. The van der Waals surface area contributed by atoms with E-state index in [9.17, 15) is 18.3 Å². The molecule has 5 nitrogen and oxygen atoms in total. The molecule has 0 bridgehead atoms. The number of allylic oxidation sites excluding steroid dienone is 2. The number of sulfonamides is 1. The van der Waals surface area contributed by atoms with E-state index in [0.717, 1.165) is 5.56 Å². The van der Waals surface area contributed by atoms with E-state index in [1.54, 1.807) is 12.1 Å². The molecule has 1 aliphatic rings. The summed E-state index contributed by atoms with van der Waals surface area (Å²) in [5, 5.41) is 9.64. The van der Waals surface area contributed by atoms with Crippen molar-refractivity contribution in [3.05, 3.63) is 35.6 Å². The van der Waals surface area contributed by atoms with Crippen molar-refractivity contribution in [2.45, 2.75) is 28.6 Å². The van der Waals surface area contributed by atoms with Gasteiger partial charge in [0.2, 0.25) is 10.0 Å². The molecule has 0 heterocycles. The monoisotopic (exact) mass is 341 g/mol. The zero-order valence-corrected chi connectivity index (χ0v) is 14.4. The van der Waals surface area contributed by atoms with Gasteiger partial charge < -0.3 is 5.11 Å². The van der Waals surface area contributed by atoms with E-state index in [-0.39, 0.29) is 28.8 Å². The average molecular weight is 341 g/mol. The van der Waals surface area contributed by atoms with E-state index in [1.165, 1.54) is 36.2 Å². The maximum atomic E-state index is 12.5. The number of aliphatic hydroxyl groups excluding tert-OH is 1. The van der Waals surface area contributed by atoms with Crippen molar-refractivity contribution in [2.24, 2.45) is 0 Å². The van der Waals surface area contributed by atoms with Gasteiger partial charge in [-0.1, -0.05) is 6.07 Å². The molecule has 1 atom stereocenters. The van der Waals surface area contributed by atoms with Crippen LogP contribution in [0.4, 0.5) is 0 Å². The summed E-state index contributed by atoms with van der Waals surface area (Å²) < 4.78 is 26.1. The molecule has 1 unspecified atom stereocenters. The zero-order chi connectivity index (χ0) is 16.5. The molecule has 1 aromatic carbocycles. The highest BCUT2D eigenvalue weighted by Crippen LogP contribution is 2.35. The van der Waals surface area contributed by atoms with Crippen LogP contribution in [0.2, 0.25) is 0 Å². The van der Waals surface area contributed by atoms with Gasteiger partial charge in [0.15, 0.2) is 5.78 Å². The van der Waals surface area contributed by atoms with Gasteiger partial charge in [0.25, 0.3) is 0 Å². The molecule has 1 N–H and O–H groups in total. The molecule has 0 fully saturated rings. The van der Waals surface area contributed by atoms with Gasteiger partial charge in [-0.2, -0.15) is 0 Å². The minimum Gasteiger partial charge on any atom is -0.512 e. The molecule has 7 heteroatoms. The molecule has 2 rings (SSSR count). The predicted molar refractivity (Wildman–Crippen MR) is 86.8 cm³/mol. The minimum atomic E-state index is -3.56. The van der Waals surface area contributed by atoms with Crippen molar-refractivity contribution in [3.8, 4) is 0 Å². The van der Waals surface area contributed by atoms with Crippen LogP contribution < -0.4 is 0 Å². The van der Waals surface area contributed by atoms with E-state index < -0.39 is 10.0 Å². The molecule has 1 aliphatic carbocycles. The predicted octanol–water partition coefficient (Wildman–Crippen LogP) is 2.55. The Kier molecular flexibility index (Phi) is 4.99. The van der Waals surface area contributed by atoms with Crippen LogP contribution in [-0.4, -0.2) is 44.0 Å². The maximum absolute atomic E-state index is 12.5. The summed E-state index contributed by atoms with van der Waals surface area (Å²) in [4.78, 5) is 12.5. The Bertz CT molecular complexity index is 723. The van der Waals surface area contributed by atoms with Crippen LogP contribution in [0.15, 0.2) is 39.8 Å². The molecular formula is C15H19NO4S2. The summed E-state index contributed by atoms with van der Waals surface area (Å²) in [6, 6.07) is 5.21. The second kappa shape index (κ2) is 6.44. The zero-order valence-electron chi connectivity index (χ0n) is 12.7. The highest BCUT2D eigenvalue weighted by atomic mass is 32.2. The second-order valence-electron chi connectivity index (χ2n) is 5.40. The van der Waals surface area contributed by atoms with Gasteiger partial charge in [-0.3, -0.25) is 4.79 Å². The van der Waals surface area contributed by atoms with Crippen LogP contribution in [0.3, 0.4) is 0 Å². The van der Waals surface area contributed by atoms with Crippen LogP contribution in [0.1, 0.15) is 24.3 Å². The van der Waals surface area contributed by atoms with E-state index in [0.29, 0.717) is 11.3 Å². The molecule has 1 aromatic rings. The number of rotatable bonds is 4. The lowest BCUT2D eigenvalue weighted by atomic mass is 9.86. The molecule has 0 radical (unpaired) electrons. The highest BCUT2D eigenvalue weighted by Gasteiger charge is 2.26. The van der Waals surface area contributed by atoms with Gasteiger partial charge in [0.1, 0.15) is 0 Å². The third-order valence-electron chi connectivity index (χ3n) is 3.65. The molecule has 0 aromatic heterocycles. The van der Waals surface area contributed by atoms with Gasteiger partial charge >= 0.3 is 0 Å². The van der Waals surface area contributed by atoms with Crippen LogP contribution in [-0.2, 0) is 14.8 Å². The lowest BCUT2D eigenvalue weighted by Gasteiger charge is -2.22. The third-order valence-corrected chi connectivity index (χ3v) is 6.43. The number of aliphatic hydroxyl groups is 1. The summed E-state index contributed by atoms with van der Waals surface area (Å²) in [7, 11) is -0.576. The van der Waals surface area contributed by atoms with E-state index in [2.05, 4.69) is 0 Å². The molecule has 0 aliphatic heterocycles. The smallest absolute Gasteiger partial charge is 0.243 e. The maximum Gasteiger partial charge on any atom is 0.243 e. The first-order chi connectivity index (χ1) is 10.3. The SMILES string of the molecule is CSc1ccc(C2CC(=O)C=C(O)C2)cc1S(=O)(=O)N(C)C. The number of thioether (sulfide) groups is 1. The molecule has 22 heavy (non-hydrogen) atoms. The van der Waals surface area contributed by atoms with Crippen molar-refractivity contribution in [1.29, 1.82) is 0 Å². The largest absolute Gasteiger partial charge is 0.512 e. The van der Waals surface area contributed by atoms with Crippen LogP contribution >= 0.6 is 11.8 Å². The standard InChI is InChI=1S/C15H19NO4S2/c1-16(2)22(19,20)15-8-10(4-5-14(15)21-3)11-6-12(17)9-13(18)7-11/h4-5,8-9,11,17H,6-7H2,1-3H3. The van der Waals surface area contributed by atoms with Gasteiger partial charge in [0, 0.05) is 37.9 Å². The molecule has 0 saturated carbocycles. The number of nitrogens with zero attached hydrogens (tertiary/aromatic N) is 1. The Morgan fingerprint density at radius 3 is 2.50 bits per heavy atom. The van der Waals surface area contributed by atoms with Crippen LogP contribution in [0.5, 0.6) is 0 Å². The van der Waals surface area contributed by atoms with Gasteiger partial charge in [-0.15, -0.1) is 11.8 Å². The van der Waals surface area contributed by atoms with Gasteiger partial charge in [-0.05, 0) is 29.9 Å². The van der Waals surface area contributed by atoms with E-state index in [4.69, 9.17) is 0 Å². The first-order valence-electron chi connectivity index (χ1n) is 6.78. The molecule has 0 spiro atoms. The fourth-order valence-electron chi connectivity index (χ4n) is 2.45. The van der Waals surface area contributed by atoms with Crippen molar-refractivity contribution < 1.29 is 18.3 Å². The summed E-state index contributed by atoms with van der Waals surface area (Å²) in [5.41, 5.74) is 0.756. The molecule has 0 saturated heterocycles. The molecule has 0 amide bonds. The number of hydrogen-bond acceptors (Lipinski definition) is 5. The Hall–Kier alpha value is -1.31. The van der Waals surface area contributed by atoms with Gasteiger partial charge in [-0.25, -0.2) is 12.7 Å². The topological polar surface area (TPSA) is 74.7 Å².